The second kappa shape index (κ2) is 7.38. The average Bonchev–Trinajstić information content (AvgIpc) is 3.35. The van der Waals surface area contributed by atoms with Crippen molar-refractivity contribution in [3.63, 3.8) is 0 Å². The topological polar surface area (TPSA) is 92.3 Å². The maximum Gasteiger partial charge on any atom is 0.344 e. The lowest BCUT2D eigenvalue weighted by molar-refractivity contribution is 0.0163. The van der Waals surface area contributed by atoms with Crippen LogP contribution in [0.3, 0.4) is 0 Å². The third kappa shape index (κ3) is 3.15. The number of hydrogen-bond donors (Lipinski definition) is 1. The third-order valence-electron chi connectivity index (χ3n) is 5.19. The Morgan fingerprint density at radius 2 is 2.00 bits per heavy atom. The van der Waals surface area contributed by atoms with Gasteiger partial charge in [0.25, 0.3) is 0 Å². The fourth-order valence-electron chi connectivity index (χ4n) is 3.76. The second-order valence-electron chi connectivity index (χ2n) is 7.19. The van der Waals surface area contributed by atoms with Crippen molar-refractivity contribution in [1.29, 1.82) is 0 Å². The van der Waals surface area contributed by atoms with Crippen molar-refractivity contribution < 1.29 is 18.7 Å². The highest BCUT2D eigenvalue weighted by atomic mass is 19.1. The Morgan fingerprint density at radius 1 is 1.20 bits per heavy atom. The number of rotatable bonds is 4. The van der Waals surface area contributed by atoms with Crippen LogP contribution in [-0.2, 0) is 9.47 Å². The van der Waals surface area contributed by atoms with Crippen molar-refractivity contribution in [2.24, 2.45) is 0 Å². The van der Waals surface area contributed by atoms with E-state index in [1.807, 2.05) is 18.2 Å². The van der Waals surface area contributed by atoms with E-state index >= 15 is 0 Å². The monoisotopic (exact) mass is 406 g/mol. The minimum atomic E-state index is -0.604. The average molecular weight is 406 g/mol. The van der Waals surface area contributed by atoms with Crippen LogP contribution in [0.25, 0.3) is 27.9 Å². The normalized spacial score (nSPS) is 16.4. The second-order valence-corrected chi connectivity index (χ2v) is 7.19. The number of hydrogen-bond acceptors (Lipinski definition) is 6. The highest BCUT2D eigenvalue weighted by molar-refractivity contribution is 6.09. The predicted octanol–water partition coefficient (Wildman–Crippen LogP) is 3.63. The molecule has 0 radical (unpaired) electrons. The van der Waals surface area contributed by atoms with Gasteiger partial charge in [0, 0.05) is 6.61 Å². The molecule has 5 rings (SSSR count). The maximum atomic E-state index is 13.9. The van der Waals surface area contributed by atoms with Gasteiger partial charge < -0.3 is 15.2 Å². The van der Waals surface area contributed by atoms with Crippen molar-refractivity contribution in [3.05, 3.63) is 59.9 Å². The Morgan fingerprint density at radius 3 is 2.73 bits per heavy atom. The summed E-state index contributed by atoms with van der Waals surface area (Å²) < 4.78 is 26.4. The Labute approximate surface area is 171 Å². The van der Waals surface area contributed by atoms with E-state index in [0.29, 0.717) is 34.5 Å². The molecule has 0 amide bonds. The quantitative estimate of drug-likeness (QED) is 0.521. The van der Waals surface area contributed by atoms with Crippen molar-refractivity contribution >= 4 is 34.0 Å². The number of nitrogen functional groups attached to an aromatic ring is 1. The summed E-state index contributed by atoms with van der Waals surface area (Å²) in [5.41, 5.74) is 8.87. The molecule has 1 saturated heterocycles. The first-order chi connectivity index (χ1) is 14.6. The molecule has 1 fully saturated rings. The lowest BCUT2D eigenvalue weighted by atomic mass is 10.2. The van der Waals surface area contributed by atoms with Gasteiger partial charge >= 0.3 is 5.97 Å². The number of benzene rings is 2. The molecule has 0 bridgehead atoms. The summed E-state index contributed by atoms with van der Waals surface area (Å²) in [4.78, 5) is 22.2. The van der Waals surface area contributed by atoms with Crippen molar-refractivity contribution in [3.8, 4) is 5.69 Å². The molecule has 8 heteroatoms. The summed E-state index contributed by atoms with van der Waals surface area (Å²) in [5.74, 6) is -0.930. The van der Waals surface area contributed by atoms with Crippen LogP contribution in [0.4, 0.5) is 10.2 Å². The number of aromatic nitrogens is 3. The number of nitrogens with zero attached hydrogens (tertiary/aromatic N) is 3. The van der Waals surface area contributed by atoms with Crippen LogP contribution in [0, 0.1) is 5.82 Å². The van der Waals surface area contributed by atoms with Gasteiger partial charge in [-0.3, -0.25) is 4.57 Å². The Bertz CT molecular complexity index is 1260. The predicted molar refractivity (Wildman–Crippen MR) is 110 cm³/mol. The molecule has 0 unspecified atom stereocenters. The third-order valence-corrected chi connectivity index (χ3v) is 5.19. The van der Waals surface area contributed by atoms with Gasteiger partial charge in [-0.2, -0.15) is 0 Å². The first-order valence-electron chi connectivity index (χ1n) is 9.73. The highest BCUT2D eigenvalue weighted by Crippen LogP contribution is 2.31. The van der Waals surface area contributed by atoms with Gasteiger partial charge in [0.05, 0.1) is 22.8 Å². The molecule has 2 aromatic heterocycles. The van der Waals surface area contributed by atoms with Crippen molar-refractivity contribution in [2.45, 2.75) is 18.9 Å². The molecular formula is C22H19FN4O3. The van der Waals surface area contributed by atoms with E-state index in [9.17, 15) is 9.18 Å². The molecule has 1 aliphatic rings. The number of ether oxygens (including phenoxy) is 2. The standard InChI is InChI=1S/C22H19FN4O3/c23-13-5-3-6-14(11-13)27-20(24)18(22(28)30-12-15-7-4-10-29-15)19-21(27)26-17-9-2-1-8-16(17)25-19/h1-3,5-6,8-9,11,15H,4,7,10,12,24H2/t15-/m1/s1. The lowest BCUT2D eigenvalue weighted by Gasteiger charge is -2.10. The molecule has 0 spiro atoms. The van der Waals surface area contributed by atoms with Crippen LogP contribution >= 0.6 is 0 Å². The smallest absolute Gasteiger partial charge is 0.344 e. The molecule has 1 atom stereocenters. The zero-order chi connectivity index (χ0) is 20.7. The number of halogens is 1. The van der Waals surface area contributed by atoms with E-state index in [4.69, 9.17) is 15.2 Å². The highest BCUT2D eigenvalue weighted by Gasteiger charge is 2.27. The summed E-state index contributed by atoms with van der Waals surface area (Å²) in [5, 5.41) is 0. The van der Waals surface area contributed by atoms with E-state index < -0.39 is 11.8 Å². The number of nitrogens with two attached hydrogens (primary N) is 1. The molecule has 4 aromatic rings. The van der Waals surface area contributed by atoms with Gasteiger partial charge in [0.15, 0.2) is 5.65 Å². The molecule has 0 saturated carbocycles. The van der Waals surface area contributed by atoms with Gasteiger partial charge in [-0.1, -0.05) is 18.2 Å². The molecule has 3 heterocycles. The number of anilines is 1. The molecule has 30 heavy (non-hydrogen) atoms. The summed E-state index contributed by atoms with van der Waals surface area (Å²) in [6.07, 6.45) is 1.68. The number of fused-ring (bicyclic) bond motifs is 2. The van der Waals surface area contributed by atoms with E-state index in [-0.39, 0.29) is 24.1 Å². The zero-order valence-electron chi connectivity index (χ0n) is 16.0. The molecule has 7 nitrogen and oxygen atoms in total. The minimum Gasteiger partial charge on any atom is -0.459 e. The Balaban J connectivity index is 1.67. The molecule has 2 N–H and O–H groups in total. The summed E-state index contributed by atoms with van der Waals surface area (Å²) in [6, 6.07) is 13.2. The molecule has 2 aromatic carbocycles. The van der Waals surface area contributed by atoms with Crippen LogP contribution in [0.15, 0.2) is 48.5 Å². The summed E-state index contributed by atoms with van der Waals surface area (Å²) >= 11 is 0. The van der Waals surface area contributed by atoms with Crippen molar-refractivity contribution in [2.75, 3.05) is 18.9 Å². The molecule has 0 aliphatic carbocycles. The van der Waals surface area contributed by atoms with Gasteiger partial charge in [-0.15, -0.1) is 0 Å². The van der Waals surface area contributed by atoms with Crippen LogP contribution in [0.1, 0.15) is 23.2 Å². The number of esters is 1. The molecule has 152 valence electrons. The number of para-hydroxylation sites is 2. The SMILES string of the molecule is Nc1c(C(=O)OC[C@H]2CCCO2)c2nc3ccccc3nc2n1-c1cccc(F)c1. The largest absolute Gasteiger partial charge is 0.459 e. The molecular weight excluding hydrogens is 387 g/mol. The minimum absolute atomic E-state index is 0.100. The lowest BCUT2D eigenvalue weighted by Crippen LogP contribution is -2.18. The van der Waals surface area contributed by atoms with E-state index in [2.05, 4.69) is 9.97 Å². The van der Waals surface area contributed by atoms with Crippen LogP contribution in [0.5, 0.6) is 0 Å². The maximum absolute atomic E-state index is 13.9. The summed E-state index contributed by atoms with van der Waals surface area (Å²) in [6.45, 7) is 0.812. The molecule has 1 aliphatic heterocycles. The Kier molecular flexibility index (Phi) is 4.55. The van der Waals surface area contributed by atoms with E-state index in [0.717, 1.165) is 12.8 Å². The summed E-state index contributed by atoms with van der Waals surface area (Å²) in [7, 11) is 0. The first-order valence-corrected chi connectivity index (χ1v) is 9.73. The van der Waals surface area contributed by atoms with Gasteiger partial charge in [0.1, 0.15) is 29.3 Å². The fraction of sp³-hybridized carbons (Fsp3) is 0.227. The Hall–Kier alpha value is -3.52. The van der Waals surface area contributed by atoms with Gasteiger partial charge in [0.2, 0.25) is 0 Å². The zero-order valence-corrected chi connectivity index (χ0v) is 16.0. The van der Waals surface area contributed by atoms with E-state index in [1.54, 1.807) is 18.2 Å². The van der Waals surface area contributed by atoms with Gasteiger partial charge in [-0.05, 0) is 43.2 Å². The van der Waals surface area contributed by atoms with E-state index in [1.165, 1.54) is 16.7 Å². The van der Waals surface area contributed by atoms with Crippen LogP contribution in [-0.4, -0.2) is 39.8 Å². The fourth-order valence-corrected chi connectivity index (χ4v) is 3.76. The number of carbonyl (C=O) groups is 1. The number of carbonyl (C=O) groups excluding carboxylic acids is 1. The van der Waals surface area contributed by atoms with Crippen molar-refractivity contribution in [1.82, 2.24) is 14.5 Å². The van der Waals surface area contributed by atoms with Crippen LogP contribution in [0.2, 0.25) is 0 Å². The first kappa shape index (κ1) is 18.5. The van der Waals surface area contributed by atoms with Crippen LogP contribution < -0.4 is 5.73 Å². The van der Waals surface area contributed by atoms with Gasteiger partial charge in [-0.25, -0.2) is 19.2 Å².